The number of nitrogens with zero attached hydrogens (tertiary/aromatic N) is 1. The molecule has 0 bridgehead atoms. The third-order valence-electron chi connectivity index (χ3n) is 4.87. The molecule has 2 atom stereocenters. The quantitative estimate of drug-likeness (QED) is 0.724. The molecule has 1 aliphatic heterocycles. The van der Waals surface area contributed by atoms with Crippen molar-refractivity contribution in [3.8, 4) is 0 Å². The molecule has 1 amide bonds. The van der Waals surface area contributed by atoms with Gasteiger partial charge in [-0.3, -0.25) is 4.79 Å². The van der Waals surface area contributed by atoms with E-state index < -0.39 is 16.1 Å². The molecule has 19 heavy (non-hydrogen) atoms. The van der Waals surface area contributed by atoms with Crippen molar-refractivity contribution in [3.05, 3.63) is 0 Å². The molecule has 2 aliphatic rings. The third-order valence-corrected chi connectivity index (χ3v) is 13.9. The second-order valence-electron chi connectivity index (χ2n) is 8.75. The van der Waals surface area contributed by atoms with Gasteiger partial charge in [-0.15, -0.1) is 0 Å². The molecule has 0 aromatic heterocycles. The van der Waals surface area contributed by atoms with Gasteiger partial charge < -0.3 is 4.90 Å². The summed E-state index contributed by atoms with van der Waals surface area (Å²) in [7, 11) is -2.68. The fourth-order valence-corrected chi connectivity index (χ4v) is 17.5. The standard InChI is InChI=1S/C15H31NOSi2/c1-18(2,3)15(19(4,5)6)16-13-10-8-7-9-12(13)11-14(16)17/h12-13,15H,7-11H2,1-6H3/t12-,13?/m1/s1. The summed E-state index contributed by atoms with van der Waals surface area (Å²) in [5, 5.41) is 0.612. The molecular formula is C15H31NOSi2. The zero-order chi connectivity index (χ0) is 14.4. The van der Waals surface area contributed by atoms with E-state index in [0.29, 0.717) is 23.2 Å². The molecule has 4 heteroatoms. The Morgan fingerprint density at radius 3 is 2.05 bits per heavy atom. The van der Waals surface area contributed by atoms with Crippen molar-refractivity contribution in [2.75, 3.05) is 0 Å². The average molecular weight is 298 g/mol. The predicted molar refractivity (Wildman–Crippen MR) is 87.7 cm³/mol. The maximum Gasteiger partial charge on any atom is 0.222 e. The van der Waals surface area contributed by atoms with E-state index >= 15 is 0 Å². The van der Waals surface area contributed by atoms with Gasteiger partial charge in [-0.2, -0.15) is 0 Å². The number of hydrogen-bond acceptors (Lipinski definition) is 1. The number of amides is 1. The van der Waals surface area contributed by atoms with Crippen LogP contribution in [-0.2, 0) is 4.79 Å². The summed E-state index contributed by atoms with van der Waals surface area (Å²) in [4.78, 5) is 15.1. The Hall–Kier alpha value is -0.0962. The van der Waals surface area contributed by atoms with Crippen LogP contribution in [-0.4, -0.2) is 38.3 Å². The summed E-state index contributed by atoms with van der Waals surface area (Å²) in [5.74, 6) is 1.16. The van der Waals surface area contributed by atoms with Gasteiger partial charge in [0.15, 0.2) is 0 Å². The van der Waals surface area contributed by atoms with Gasteiger partial charge in [0.05, 0.1) is 16.1 Å². The lowest BCUT2D eigenvalue weighted by atomic mass is 9.85. The lowest BCUT2D eigenvalue weighted by molar-refractivity contribution is -0.129. The Kier molecular flexibility index (Phi) is 4.05. The van der Waals surface area contributed by atoms with Crippen LogP contribution in [0.15, 0.2) is 0 Å². The normalized spacial score (nSPS) is 29.0. The number of fused-ring (bicyclic) bond motifs is 1. The molecule has 1 saturated carbocycles. The van der Waals surface area contributed by atoms with E-state index in [-0.39, 0.29) is 0 Å². The van der Waals surface area contributed by atoms with Crippen LogP contribution in [0, 0.1) is 5.92 Å². The second kappa shape index (κ2) is 5.03. The van der Waals surface area contributed by atoms with Gasteiger partial charge in [0.1, 0.15) is 0 Å². The van der Waals surface area contributed by atoms with E-state index in [9.17, 15) is 4.79 Å². The first-order valence-electron chi connectivity index (χ1n) is 7.93. The molecule has 2 nitrogen and oxygen atoms in total. The van der Waals surface area contributed by atoms with E-state index in [1.165, 1.54) is 25.7 Å². The lowest BCUT2D eigenvalue weighted by Gasteiger charge is -2.48. The highest BCUT2D eigenvalue weighted by atomic mass is 28.4. The summed E-state index contributed by atoms with van der Waals surface area (Å²) in [5.41, 5.74) is 0. The van der Waals surface area contributed by atoms with E-state index in [4.69, 9.17) is 0 Å². The van der Waals surface area contributed by atoms with Crippen LogP contribution >= 0.6 is 0 Å². The third kappa shape index (κ3) is 2.99. The minimum atomic E-state index is -1.34. The van der Waals surface area contributed by atoms with Crippen molar-refractivity contribution in [2.24, 2.45) is 5.92 Å². The van der Waals surface area contributed by atoms with E-state index in [1.807, 2.05) is 0 Å². The van der Waals surface area contributed by atoms with Gasteiger partial charge in [0.25, 0.3) is 0 Å². The van der Waals surface area contributed by atoms with Crippen molar-refractivity contribution >= 4 is 22.1 Å². The highest BCUT2D eigenvalue weighted by molar-refractivity contribution is 6.96. The largest absolute Gasteiger partial charge is 0.342 e. The van der Waals surface area contributed by atoms with Crippen LogP contribution in [0.5, 0.6) is 0 Å². The Bertz CT molecular complexity index is 342. The van der Waals surface area contributed by atoms with Gasteiger partial charge in [-0.05, 0) is 18.8 Å². The SMILES string of the molecule is C[Si](C)(C)C(N1C(=O)C[C@H]2CCCCC21)[Si](C)(C)C. The summed E-state index contributed by atoms with van der Waals surface area (Å²) < 4.78 is 0. The highest BCUT2D eigenvalue weighted by Gasteiger charge is 2.51. The molecule has 1 aliphatic carbocycles. The maximum absolute atomic E-state index is 12.6. The van der Waals surface area contributed by atoms with Crippen LogP contribution in [0.1, 0.15) is 32.1 Å². The molecule has 2 fully saturated rings. The minimum Gasteiger partial charge on any atom is -0.342 e. The second-order valence-corrected chi connectivity index (χ2v) is 19.9. The van der Waals surface area contributed by atoms with E-state index in [0.717, 1.165) is 6.42 Å². The molecule has 0 N–H and O–H groups in total. The van der Waals surface area contributed by atoms with Crippen LogP contribution in [0.25, 0.3) is 0 Å². The fraction of sp³-hybridized carbons (Fsp3) is 0.933. The zero-order valence-electron chi connectivity index (χ0n) is 13.6. The average Bonchev–Trinajstić information content (AvgIpc) is 2.52. The first-order valence-corrected chi connectivity index (χ1v) is 15.1. The van der Waals surface area contributed by atoms with Crippen molar-refractivity contribution in [3.63, 3.8) is 0 Å². The van der Waals surface area contributed by atoms with Crippen LogP contribution in [0.2, 0.25) is 39.3 Å². The highest BCUT2D eigenvalue weighted by Crippen LogP contribution is 2.41. The van der Waals surface area contributed by atoms with Gasteiger partial charge in [-0.1, -0.05) is 52.1 Å². The zero-order valence-corrected chi connectivity index (χ0v) is 15.6. The molecule has 1 heterocycles. The molecule has 2 rings (SSSR count). The van der Waals surface area contributed by atoms with Crippen LogP contribution in [0.4, 0.5) is 0 Å². The summed E-state index contributed by atoms with van der Waals surface area (Å²) in [6.45, 7) is 14.7. The van der Waals surface area contributed by atoms with Crippen molar-refractivity contribution in [1.29, 1.82) is 0 Å². The topological polar surface area (TPSA) is 20.3 Å². The Morgan fingerprint density at radius 2 is 1.53 bits per heavy atom. The number of hydrogen-bond donors (Lipinski definition) is 0. The lowest BCUT2D eigenvalue weighted by Crippen LogP contribution is -2.65. The number of likely N-dealkylation sites (tertiary alicyclic amines) is 1. The van der Waals surface area contributed by atoms with Crippen LogP contribution in [0.3, 0.4) is 0 Å². The van der Waals surface area contributed by atoms with Gasteiger partial charge in [0.2, 0.25) is 5.91 Å². The van der Waals surface area contributed by atoms with Gasteiger partial charge >= 0.3 is 0 Å². The molecule has 1 unspecified atom stereocenters. The van der Waals surface area contributed by atoms with Gasteiger partial charge in [0, 0.05) is 17.8 Å². The van der Waals surface area contributed by atoms with Crippen molar-refractivity contribution < 1.29 is 4.79 Å². The predicted octanol–water partition coefficient (Wildman–Crippen LogP) is 3.90. The molecule has 0 aromatic rings. The summed E-state index contributed by atoms with van der Waals surface area (Å²) >= 11 is 0. The van der Waals surface area contributed by atoms with Crippen molar-refractivity contribution in [1.82, 2.24) is 4.90 Å². The summed E-state index contributed by atoms with van der Waals surface area (Å²) in [6.07, 6.45) is 6.07. The first-order chi connectivity index (χ1) is 8.62. The Labute approximate surface area is 121 Å². The van der Waals surface area contributed by atoms with Gasteiger partial charge in [-0.25, -0.2) is 0 Å². The Morgan fingerprint density at radius 1 is 1.00 bits per heavy atom. The number of rotatable bonds is 3. The Balaban J connectivity index is 2.33. The smallest absolute Gasteiger partial charge is 0.222 e. The van der Waals surface area contributed by atoms with Crippen LogP contribution < -0.4 is 0 Å². The summed E-state index contributed by atoms with van der Waals surface area (Å²) in [6, 6.07) is 0.588. The molecule has 1 saturated heterocycles. The fourth-order valence-electron chi connectivity index (χ4n) is 4.78. The van der Waals surface area contributed by atoms with Crippen molar-refractivity contribution in [2.45, 2.75) is 82.7 Å². The molecule has 0 aromatic carbocycles. The first kappa shape index (κ1) is 15.3. The molecule has 0 spiro atoms. The number of carbonyl (C=O) groups excluding carboxylic acids is 1. The minimum absolute atomic E-state index is 0.478. The monoisotopic (exact) mass is 297 g/mol. The molecular weight excluding hydrogens is 266 g/mol. The van der Waals surface area contributed by atoms with E-state index in [1.54, 1.807) is 0 Å². The number of carbonyl (C=O) groups is 1. The molecule has 110 valence electrons. The van der Waals surface area contributed by atoms with E-state index in [2.05, 4.69) is 44.2 Å². The maximum atomic E-state index is 12.6. The molecule has 0 radical (unpaired) electrons.